The minimum Gasteiger partial charge on any atom is -0.456 e. The van der Waals surface area contributed by atoms with Gasteiger partial charge >= 0.3 is 0 Å². The average molecular weight is 856 g/mol. The van der Waals surface area contributed by atoms with Crippen molar-refractivity contribution in [3.63, 3.8) is 0 Å². The predicted molar refractivity (Wildman–Crippen MR) is 280 cm³/mol. The van der Waals surface area contributed by atoms with Gasteiger partial charge in [-0.25, -0.2) is 0 Å². The van der Waals surface area contributed by atoms with Crippen molar-refractivity contribution in [1.29, 1.82) is 0 Å². The normalized spacial score (nSPS) is 11.6. The second-order valence-electron chi connectivity index (χ2n) is 17.3. The van der Waals surface area contributed by atoms with Crippen LogP contribution in [0, 0.1) is 0 Å². The van der Waals surface area contributed by atoms with E-state index in [1.54, 1.807) is 0 Å². The fraction of sp³-hybridized carbons (Fsp3) is 0. The number of hydrogen-bond acceptors (Lipinski definition) is 3. The van der Waals surface area contributed by atoms with Crippen LogP contribution >= 0.6 is 0 Å². The molecule has 67 heavy (non-hydrogen) atoms. The van der Waals surface area contributed by atoms with Gasteiger partial charge in [0, 0.05) is 44.7 Å². The Balaban J connectivity index is 0.946. The lowest BCUT2D eigenvalue weighted by Gasteiger charge is -2.26. The molecule has 13 rings (SSSR count). The molecule has 0 amide bonds. The third-order valence-electron chi connectivity index (χ3n) is 13.3. The van der Waals surface area contributed by atoms with E-state index in [-0.39, 0.29) is 0 Å². The largest absolute Gasteiger partial charge is 0.456 e. The van der Waals surface area contributed by atoms with Crippen molar-refractivity contribution in [2.75, 3.05) is 4.90 Å². The predicted octanol–water partition coefficient (Wildman–Crippen LogP) is 18.4. The molecule has 0 atom stereocenters. The molecule has 0 N–H and O–H groups in total. The molecule has 13 aromatic rings. The molecule has 0 aliphatic rings. The summed E-state index contributed by atoms with van der Waals surface area (Å²) in [6, 6.07) is 88.9. The molecule has 0 saturated carbocycles. The molecule has 0 aliphatic heterocycles. The van der Waals surface area contributed by atoms with Crippen molar-refractivity contribution in [2.45, 2.75) is 0 Å². The number of hydrogen-bond donors (Lipinski definition) is 0. The van der Waals surface area contributed by atoms with E-state index in [1.165, 1.54) is 27.5 Å². The van der Waals surface area contributed by atoms with Gasteiger partial charge in [0.2, 0.25) is 0 Å². The van der Waals surface area contributed by atoms with E-state index in [0.29, 0.717) is 0 Å². The van der Waals surface area contributed by atoms with Gasteiger partial charge in [-0.1, -0.05) is 170 Å². The molecule has 314 valence electrons. The Morgan fingerprint density at radius 2 is 0.776 bits per heavy atom. The topological polar surface area (TPSA) is 29.5 Å². The van der Waals surface area contributed by atoms with Gasteiger partial charge in [-0.2, -0.15) is 0 Å². The third kappa shape index (κ3) is 6.84. The van der Waals surface area contributed by atoms with Crippen LogP contribution in [0.5, 0.6) is 0 Å². The lowest BCUT2D eigenvalue weighted by molar-refractivity contribution is 0.668. The fourth-order valence-electron chi connectivity index (χ4n) is 9.97. The van der Waals surface area contributed by atoms with Crippen LogP contribution < -0.4 is 4.90 Å². The van der Waals surface area contributed by atoms with Crippen LogP contribution in [0.25, 0.3) is 110 Å². The number of benzene rings is 11. The quantitative estimate of drug-likeness (QED) is 0.152. The maximum atomic E-state index is 7.00. The highest BCUT2D eigenvalue weighted by Gasteiger charge is 2.20. The molecule has 0 radical (unpaired) electrons. The van der Waals surface area contributed by atoms with Gasteiger partial charge < -0.3 is 13.7 Å². The van der Waals surface area contributed by atoms with Crippen LogP contribution in [0.3, 0.4) is 0 Å². The highest BCUT2D eigenvalue weighted by atomic mass is 16.3. The SMILES string of the molecule is c1ccc(-c2ccccc2-c2cc(-c3ccccc3)c3c(c2)oc2cc(N(c4ccc(-c5ccc6ccccc6c5)cc4)c4ccc(-c5ccc6oc7ccccc7c6c5)cc4)ccc23)cc1. The van der Waals surface area contributed by atoms with Gasteiger partial charge in [0.15, 0.2) is 0 Å². The molecule has 0 unspecified atom stereocenters. The average Bonchev–Trinajstić information content (AvgIpc) is 3.97. The smallest absolute Gasteiger partial charge is 0.137 e. The number of rotatable bonds is 8. The summed E-state index contributed by atoms with van der Waals surface area (Å²) in [4.78, 5) is 2.33. The molecule has 3 heteroatoms. The standard InChI is InChI=1S/C64H41NO2/c1-3-14-45(15-4-1)54-19-9-10-20-55(54)50-39-58(46-16-5-2-6-17-46)64-57-35-34-53(41-62(57)67-63(64)40-50)65(51-30-25-43(26-31-51)48-24-23-42-13-7-8-18-47(42)37-48)52-32-27-44(28-33-52)49-29-36-61-59(38-49)56-21-11-12-22-60(56)66-61/h1-41H. The number of para-hydroxylation sites is 1. The Morgan fingerprint density at radius 3 is 1.51 bits per heavy atom. The second kappa shape index (κ2) is 16.0. The summed E-state index contributed by atoms with van der Waals surface area (Å²) in [5.74, 6) is 0. The Labute approximate surface area is 388 Å². The van der Waals surface area contributed by atoms with Crippen LogP contribution in [0.2, 0.25) is 0 Å². The Bertz CT molecular complexity index is 3960. The van der Waals surface area contributed by atoms with E-state index in [0.717, 1.165) is 99.9 Å². The van der Waals surface area contributed by atoms with Gasteiger partial charge in [0.25, 0.3) is 0 Å². The first-order chi connectivity index (χ1) is 33.2. The van der Waals surface area contributed by atoms with E-state index in [2.05, 4.69) is 241 Å². The number of anilines is 3. The van der Waals surface area contributed by atoms with E-state index in [9.17, 15) is 0 Å². The molecule has 0 saturated heterocycles. The van der Waals surface area contributed by atoms with E-state index >= 15 is 0 Å². The van der Waals surface area contributed by atoms with Crippen LogP contribution in [-0.4, -0.2) is 0 Å². The lowest BCUT2D eigenvalue weighted by atomic mass is 9.90. The maximum absolute atomic E-state index is 7.00. The maximum Gasteiger partial charge on any atom is 0.137 e. The molecule has 3 nitrogen and oxygen atoms in total. The highest BCUT2D eigenvalue weighted by Crippen LogP contribution is 2.45. The summed E-state index contributed by atoms with van der Waals surface area (Å²) < 4.78 is 13.2. The molecule has 2 heterocycles. The van der Waals surface area contributed by atoms with Crippen molar-refractivity contribution >= 4 is 71.7 Å². The first kappa shape index (κ1) is 38.5. The molecule has 0 aliphatic carbocycles. The van der Waals surface area contributed by atoms with Crippen LogP contribution in [0.1, 0.15) is 0 Å². The first-order valence-electron chi connectivity index (χ1n) is 22.8. The van der Waals surface area contributed by atoms with Crippen molar-refractivity contribution in [3.05, 3.63) is 249 Å². The fourth-order valence-corrected chi connectivity index (χ4v) is 9.97. The van der Waals surface area contributed by atoms with Crippen molar-refractivity contribution in [1.82, 2.24) is 0 Å². The van der Waals surface area contributed by atoms with Crippen molar-refractivity contribution in [2.24, 2.45) is 0 Å². The molecule has 0 spiro atoms. The van der Waals surface area contributed by atoms with Gasteiger partial charge in [-0.3, -0.25) is 0 Å². The third-order valence-corrected chi connectivity index (χ3v) is 13.3. The lowest BCUT2D eigenvalue weighted by Crippen LogP contribution is -2.09. The van der Waals surface area contributed by atoms with Crippen LogP contribution in [0.4, 0.5) is 17.1 Å². The molecule has 2 aromatic heterocycles. The summed E-state index contributed by atoms with van der Waals surface area (Å²) >= 11 is 0. The van der Waals surface area contributed by atoms with E-state index in [4.69, 9.17) is 8.83 Å². The molecular formula is C64H41NO2. The van der Waals surface area contributed by atoms with E-state index < -0.39 is 0 Å². The summed E-state index contributed by atoms with van der Waals surface area (Å²) in [5, 5.41) is 6.89. The van der Waals surface area contributed by atoms with E-state index in [1.807, 2.05) is 12.1 Å². The van der Waals surface area contributed by atoms with Crippen molar-refractivity contribution < 1.29 is 8.83 Å². The van der Waals surface area contributed by atoms with Crippen LogP contribution in [-0.2, 0) is 0 Å². The zero-order valence-corrected chi connectivity index (χ0v) is 36.4. The molecule has 11 aromatic carbocycles. The summed E-state index contributed by atoms with van der Waals surface area (Å²) in [5.41, 5.74) is 18.1. The minimum atomic E-state index is 0.827. The Morgan fingerprint density at radius 1 is 0.239 bits per heavy atom. The summed E-state index contributed by atoms with van der Waals surface area (Å²) in [7, 11) is 0. The monoisotopic (exact) mass is 855 g/mol. The van der Waals surface area contributed by atoms with Crippen molar-refractivity contribution in [3.8, 4) is 55.6 Å². The molecule has 0 fully saturated rings. The number of furan rings is 2. The second-order valence-corrected chi connectivity index (χ2v) is 17.3. The number of fused-ring (bicyclic) bond motifs is 7. The molecule has 0 bridgehead atoms. The Hall–Kier alpha value is -8.92. The van der Waals surface area contributed by atoms with Crippen LogP contribution in [0.15, 0.2) is 258 Å². The highest BCUT2D eigenvalue weighted by molar-refractivity contribution is 6.15. The zero-order chi connectivity index (χ0) is 44.3. The first-order valence-corrected chi connectivity index (χ1v) is 22.8. The summed E-state index contributed by atoms with van der Waals surface area (Å²) in [6.45, 7) is 0. The molecular weight excluding hydrogens is 815 g/mol. The minimum absolute atomic E-state index is 0.827. The van der Waals surface area contributed by atoms with Gasteiger partial charge in [-0.05, 0) is 139 Å². The summed E-state index contributed by atoms with van der Waals surface area (Å²) in [6.07, 6.45) is 0. The van der Waals surface area contributed by atoms with Gasteiger partial charge in [-0.15, -0.1) is 0 Å². The van der Waals surface area contributed by atoms with Gasteiger partial charge in [0.05, 0.1) is 0 Å². The number of nitrogens with zero attached hydrogens (tertiary/aromatic N) is 1. The van der Waals surface area contributed by atoms with Gasteiger partial charge in [0.1, 0.15) is 22.3 Å². The zero-order valence-electron chi connectivity index (χ0n) is 36.4. The Kier molecular flexibility index (Phi) is 9.17.